The van der Waals surface area contributed by atoms with Crippen LogP contribution in [0.3, 0.4) is 0 Å². The van der Waals surface area contributed by atoms with E-state index in [2.05, 4.69) is 0 Å². The zero-order valence-corrected chi connectivity index (χ0v) is 6.23. The molecule has 0 atom stereocenters. The van der Waals surface area contributed by atoms with Gasteiger partial charge in [0.2, 0.25) is 0 Å². The second-order valence-electron chi connectivity index (χ2n) is 0.519. The Balaban J connectivity index is -0.0000000480. The van der Waals surface area contributed by atoms with Crippen molar-refractivity contribution in [1.29, 1.82) is 0 Å². The number of carboxylic acid groups (broad SMARTS) is 1. The first-order valence-electron chi connectivity index (χ1n) is 1.07. The minimum absolute atomic E-state index is 0. The molecule has 5 heteroatoms. The van der Waals surface area contributed by atoms with E-state index in [1.807, 2.05) is 0 Å². The zero-order valence-electron chi connectivity index (χ0n) is 3.45. The van der Waals surface area contributed by atoms with Crippen molar-refractivity contribution in [2.75, 3.05) is 0 Å². The van der Waals surface area contributed by atoms with Crippen molar-refractivity contribution in [3.8, 4) is 0 Å². The summed E-state index contributed by atoms with van der Waals surface area (Å²) in [5.41, 5.74) is 0. The molecule has 0 aromatic heterocycles. The van der Waals surface area contributed by atoms with Crippen LogP contribution in [0.4, 0.5) is 0 Å². The molecule has 0 saturated carbocycles. The normalized spacial score (nSPS) is 4.29. The van der Waals surface area contributed by atoms with Crippen LogP contribution in [0.15, 0.2) is 0 Å². The van der Waals surface area contributed by atoms with E-state index in [0.29, 0.717) is 0 Å². The molecule has 1 N–H and O–H groups in total. The first-order valence-corrected chi connectivity index (χ1v) is 1.78. The fourth-order valence-electron chi connectivity index (χ4n) is 0. The summed E-state index contributed by atoms with van der Waals surface area (Å²) in [7, 11) is 0. The molecule has 0 aromatic carbocycles. The predicted molar refractivity (Wildman–Crippen MR) is 14.0 cm³/mol. The molecule has 0 bridgehead atoms. The topological polar surface area (TPSA) is 54.4 Å². The molecule has 0 aliphatic carbocycles. The third-order valence-corrected chi connectivity index (χ3v) is 0. The Labute approximate surface area is 61.6 Å². The summed E-state index contributed by atoms with van der Waals surface area (Å²) >= 11 is 1.10. The van der Waals surface area contributed by atoms with E-state index < -0.39 is 5.97 Å². The van der Waals surface area contributed by atoms with Gasteiger partial charge in [0.05, 0.1) is 0 Å². The Morgan fingerprint density at radius 3 is 1.57 bits per heavy atom. The fourth-order valence-corrected chi connectivity index (χ4v) is 0. The molecular weight excluding hydrogens is 232 g/mol. The number of hydrogen-bond donors (Lipinski definition) is 1. The molecule has 1 radical (unpaired) electrons. The second-order valence-corrected chi connectivity index (χ2v) is 0.519. The molecule has 0 spiro atoms. The Bertz CT molecular complexity index is 44.2. The van der Waals surface area contributed by atoms with Gasteiger partial charge in [0.15, 0.2) is 0 Å². The Hall–Kier alpha value is 0.400. The van der Waals surface area contributed by atoms with Crippen LogP contribution in [0.25, 0.3) is 0 Å². The first kappa shape index (κ1) is 15.7. The summed E-state index contributed by atoms with van der Waals surface area (Å²) in [4.78, 5) is 9.00. The quantitative estimate of drug-likeness (QED) is 0.601. The molecule has 0 fully saturated rings. The van der Waals surface area contributed by atoms with Crippen molar-refractivity contribution in [3.63, 3.8) is 0 Å². The molecule has 0 rings (SSSR count). The Kier molecular flexibility index (Phi) is 36.1. The van der Waals surface area contributed by atoms with Crippen molar-refractivity contribution in [3.05, 3.63) is 0 Å². The molecule has 0 amide bonds. The van der Waals surface area contributed by atoms with Gasteiger partial charge in [-0.2, -0.15) is 0 Å². The van der Waals surface area contributed by atoms with Crippen molar-refractivity contribution in [2.24, 2.45) is 0 Å². The summed E-state index contributed by atoms with van der Waals surface area (Å²) in [5, 5.41) is 7.42. The van der Waals surface area contributed by atoms with Gasteiger partial charge in [0.25, 0.3) is 5.97 Å². The van der Waals surface area contributed by atoms with Crippen LogP contribution in [0.2, 0.25) is 0 Å². The molecule has 0 saturated heterocycles. The zero-order chi connectivity index (χ0) is 5.58. The molecule has 0 aliphatic rings. The molecule has 0 aromatic rings. The monoisotopic (exact) mass is 237 g/mol. The van der Waals surface area contributed by atoms with Crippen LogP contribution in [0.1, 0.15) is 6.92 Å². The predicted octanol–water partition coefficient (Wildman–Crippen LogP) is -0.0329. The summed E-state index contributed by atoms with van der Waals surface area (Å²) in [6.45, 7) is 1.08. The fraction of sp³-hybridized carbons (Fsp3) is 0.500. The third-order valence-electron chi connectivity index (χ3n) is 0. The van der Waals surface area contributed by atoms with Crippen molar-refractivity contribution in [2.45, 2.75) is 6.92 Å². The van der Waals surface area contributed by atoms with Gasteiger partial charge in [0.1, 0.15) is 0 Å². The van der Waals surface area contributed by atoms with Gasteiger partial charge in [-0.1, -0.05) is 0 Å². The molecule has 0 unspecified atom stereocenters. The van der Waals surface area contributed by atoms with Crippen molar-refractivity contribution < 1.29 is 48.5 Å². The summed E-state index contributed by atoms with van der Waals surface area (Å²) in [6.07, 6.45) is 0. The van der Waals surface area contributed by atoms with Crippen LogP contribution in [-0.2, 0) is 43.4 Å². The van der Waals surface area contributed by atoms with Gasteiger partial charge in [-0.25, -0.2) is 0 Å². The van der Waals surface area contributed by atoms with E-state index in [1.165, 1.54) is 0 Å². The second kappa shape index (κ2) is 16.1. The maximum atomic E-state index is 9.00. The third kappa shape index (κ3) is 775. The van der Waals surface area contributed by atoms with E-state index in [4.69, 9.17) is 13.5 Å². The average molecular weight is 236 g/mol. The van der Waals surface area contributed by atoms with Crippen LogP contribution in [0.5, 0.6) is 0 Å². The van der Waals surface area contributed by atoms with Crippen molar-refractivity contribution >= 4 is 5.97 Å². The van der Waals surface area contributed by atoms with Crippen LogP contribution in [-0.4, -0.2) is 11.1 Å². The van der Waals surface area contributed by atoms with Gasteiger partial charge >= 0.3 is 21.8 Å². The molecular formula is C2H4CoO3Ru. The number of carboxylic acids is 1. The Morgan fingerprint density at radius 1 is 1.57 bits per heavy atom. The maximum absolute atomic E-state index is 9.00. The van der Waals surface area contributed by atoms with Crippen LogP contribution < -0.4 is 0 Å². The first-order chi connectivity index (χ1) is 2.73. The van der Waals surface area contributed by atoms with Gasteiger partial charge in [-0.05, 0) is 0 Å². The standard InChI is InChI=1S/C2H4O2.Co.O.Ru/c1-2(3)4;;;/h1H3,(H,3,4);;;. The minimum atomic E-state index is -0.833. The van der Waals surface area contributed by atoms with Gasteiger partial charge < -0.3 is 5.11 Å². The molecule has 3 nitrogen and oxygen atoms in total. The van der Waals surface area contributed by atoms with Crippen molar-refractivity contribution in [1.82, 2.24) is 0 Å². The average Bonchev–Trinajstić information content (AvgIpc) is 1.41. The van der Waals surface area contributed by atoms with E-state index >= 15 is 0 Å². The number of rotatable bonds is 0. The molecule has 47 valence electrons. The summed E-state index contributed by atoms with van der Waals surface area (Å²) < 4.78 is 8.18. The summed E-state index contributed by atoms with van der Waals surface area (Å²) in [5.74, 6) is -0.833. The number of aliphatic carboxylic acids is 1. The van der Waals surface area contributed by atoms with E-state index in [1.54, 1.807) is 0 Å². The summed E-state index contributed by atoms with van der Waals surface area (Å²) in [6, 6.07) is 0. The van der Waals surface area contributed by atoms with Gasteiger partial charge in [-0.3, -0.25) is 4.79 Å². The molecule has 0 heterocycles. The van der Waals surface area contributed by atoms with E-state index in [0.717, 1.165) is 25.2 Å². The van der Waals surface area contributed by atoms with Gasteiger partial charge in [0, 0.05) is 23.7 Å². The Morgan fingerprint density at radius 2 is 1.57 bits per heavy atom. The molecule has 7 heavy (non-hydrogen) atoms. The number of carbonyl (C=O) groups is 1. The van der Waals surface area contributed by atoms with E-state index in [9.17, 15) is 0 Å². The number of hydrogen-bond acceptors (Lipinski definition) is 2. The van der Waals surface area contributed by atoms with Crippen LogP contribution >= 0.6 is 0 Å². The molecule has 0 aliphatic heterocycles. The van der Waals surface area contributed by atoms with E-state index in [-0.39, 0.29) is 16.8 Å². The van der Waals surface area contributed by atoms with Crippen LogP contribution in [0, 0.1) is 0 Å². The SMILES string of the molecule is CC(=O)O.[Co].[O]=[Ru]. The van der Waals surface area contributed by atoms with Gasteiger partial charge in [-0.15, -0.1) is 0 Å².